The van der Waals surface area contributed by atoms with Gasteiger partial charge in [-0.05, 0) is 35.2 Å². The number of halogens is 1. The lowest BCUT2D eigenvalue weighted by Gasteiger charge is -2.26. The Bertz CT molecular complexity index is 382. The summed E-state index contributed by atoms with van der Waals surface area (Å²) < 4.78 is 8.72. The van der Waals surface area contributed by atoms with Crippen molar-refractivity contribution in [1.82, 2.24) is 15.2 Å². The monoisotopic (exact) mass is 302 g/mol. The van der Waals surface area contributed by atoms with Gasteiger partial charge in [0.15, 0.2) is 0 Å². The summed E-state index contributed by atoms with van der Waals surface area (Å²) in [5.74, 6) is 6.21. The molecule has 0 spiro atoms. The zero-order valence-electron chi connectivity index (χ0n) is 10.2. The Morgan fingerprint density at radius 1 is 1.76 bits per heavy atom. The van der Waals surface area contributed by atoms with E-state index in [0.717, 1.165) is 29.7 Å². The molecule has 0 aromatic carbocycles. The summed E-state index contributed by atoms with van der Waals surface area (Å²) in [5, 5.41) is 4.32. The molecule has 0 radical (unpaired) electrons. The van der Waals surface area contributed by atoms with E-state index in [1.54, 1.807) is 0 Å². The Labute approximate surface area is 110 Å². The van der Waals surface area contributed by atoms with Gasteiger partial charge in [-0.15, -0.1) is 0 Å². The number of rotatable bonds is 4. The van der Waals surface area contributed by atoms with Crippen LogP contribution in [0.25, 0.3) is 0 Å². The van der Waals surface area contributed by atoms with Crippen molar-refractivity contribution < 1.29 is 4.74 Å². The first-order chi connectivity index (χ1) is 8.19. The number of aryl methyl sites for hydroxylation is 1. The molecule has 1 aromatic heterocycles. The third-order valence-corrected chi connectivity index (χ3v) is 3.99. The van der Waals surface area contributed by atoms with Crippen LogP contribution >= 0.6 is 15.9 Å². The molecule has 17 heavy (non-hydrogen) atoms. The molecule has 3 N–H and O–H groups in total. The Kier molecular flexibility index (Phi) is 4.19. The van der Waals surface area contributed by atoms with Gasteiger partial charge in [0, 0.05) is 13.2 Å². The average molecular weight is 303 g/mol. The van der Waals surface area contributed by atoms with Crippen molar-refractivity contribution >= 4 is 15.9 Å². The van der Waals surface area contributed by atoms with E-state index in [1.807, 2.05) is 10.9 Å². The van der Waals surface area contributed by atoms with Gasteiger partial charge < -0.3 is 4.74 Å². The van der Waals surface area contributed by atoms with Gasteiger partial charge in [-0.25, -0.2) is 5.43 Å². The van der Waals surface area contributed by atoms with E-state index in [2.05, 4.69) is 40.3 Å². The second-order valence-electron chi connectivity index (χ2n) is 4.44. The van der Waals surface area contributed by atoms with Gasteiger partial charge in [0.05, 0.1) is 28.5 Å². The fourth-order valence-electron chi connectivity index (χ4n) is 2.41. The van der Waals surface area contributed by atoms with Crippen molar-refractivity contribution in [2.24, 2.45) is 11.8 Å². The van der Waals surface area contributed by atoms with E-state index in [0.29, 0.717) is 5.92 Å². The normalized spacial score (nSPS) is 26.4. The molecule has 2 heterocycles. The summed E-state index contributed by atoms with van der Waals surface area (Å²) in [4.78, 5) is 0. The maximum absolute atomic E-state index is 5.79. The second kappa shape index (κ2) is 5.48. The zero-order chi connectivity index (χ0) is 12.4. The maximum Gasteiger partial charge on any atom is 0.0904 e. The van der Waals surface area contributed by atoms with E-state index in [-0.39, 0.29) is 12.1 Å². The number of hydrazine groups is 1. The smallest absolute Gasteiger partial charge is 0.0904 e. The van der Waals surface area contributed by atoms with Gasteiger partial charge >= 0.3 is 0 Å². The topological polar surface area (TPSA) is 65.1 Å². The van der Waals surface area contributed by atoms with Crippen LogP contribution in [-0.2, 0) is 11.3 Å². The van der Waals surface area contributed by atoms with Crippen LogP contribution in [0.3, 0.4) is 0 Å². The molecule has 2 rings (SSSR count). The lowest BCUT2D eigenvalue weighted by Crippen LogP contribution is -2.40. The quantitative estimate of drug-likeness (QED) is 0.655. The van der Waals surface area contributed by atoms with E-state index in [9.17, 15) is 0 Å². The van der Waals surface area contributed by atoms with Crippen molar-refractivity contribution in [1.29, 1.82) is 0 Å². The highest BCUT2D eigenvalue weighted by Gasteiger charge is 2.35. The van der Waals surface area contributed by atoms with E-state index >= 15 is 0 Å². The number of nitrogens with two attached hydrogens (primary N) is 1. The number of nitrogens with zero attached hydrogens (tertiary/aromatic N) is 2. The summed E-state index contributed by atoms with van der Waals surface area (Å²) >= 11 is 3.53. The van der Waals surface area contributed by atoms with Crippen LogP contribution in [0.4, 0.5) is 0 Å². The molecule has 1 fully saturated rings. The molecule has 5 nitrogen and oxygen atoms in total. The van der Waals surface area contributed by atoms with Gasteiger partial charge in [0.1, 0.15) is 0 Å². The van der Waals surface area contributed by atoms with E-state index < -0.39 is 0 Å². The highest BCUT2D eigenvalue weighted by molar-refractivity contribution is 9.10. The lowest BCUT2D eigenvalue weighted by atomic mass is 9.96. The molecule has 6 heteroatoms. The first kappa shape index (κ1) is 13.0. The summed E-state index contributed by atoms with van der Waals surface area (Å²) in [6.07, 6.45) is 3.00. The van der Waals surface area contributed by atoms with Gasteiger partial charge in [-0.2, -0.15) is 5.10 Å². The summed E-state index contributed by atoms with van der Waals surface area (Å²) in [5.41, 5.74) is 3.94. The molecule has 0 amide bonds. The highest BCUT2D eigenvalue weighted by atomic mass is 79.9. The summed E-state index contributed by atoms with van der Waals surface area (Å²) in [6, 6.07) is -0.0238. The Balaban J connectivity index is 2.31. The Morgan fingerprint density at radius 2 is 2.53 bits per heavy atom. The molecule has 1 saturated heterocycles. The van der Waals surface area contributed by atoms with E-state index in [1.165, 1.54) is 0 Å². The SMILES string of the molecule is CCn1ncc(Br)c1C(NN)C1OCCC1C. The van der Waals surface area contributed by atoms with Crippen LogP contribution in [0, 0.1) is 5.92 Å². The molecular formula is C11H19BrN4O. The molecule has 1 aliphatic heterocycles. The van der Waals surface area contributed by atoms with Gasteiger partial charge in [-0.3, -0.25) is 10.5 Å². The standard InChI is InChI=1S/C11H19BrN4O/c1-3-16-10(8(12)6-14-16)9(15-13)11-7(2)4-5-17-11/h6-7,9,11,15H,3-5,13H2,1-2H3. The number of ether oxygens (including phenoxy) is 1. The predicted octanol–water partition coefficient (Wildman–Crippen LogP) is 1.59. The first-order valence-corrected chi connectivity index (χ1v) is 6.77. The number of hydrogen-bond acceptors (Lipinski definition) is 4. The highest BCUT2D eigenvalue weighted by Crippen LogP contribution is 2.33. The third kappa shape index (κ3) is 2.40. The Hall–Kier alpha value is -0.430. The fraction of sp³-hybridized carbons (Fsp3) is 0.727. The van der Waals surface area contributed by atoms with Crippen molar-refractivity contribution in [2.75, 3.05) is 6.61 Å². The first-order valence-electron chi connectivity index (χ1n) is 5.98. The van der Waals surface area contributed by atoms with Crippen molar-refractivity contribution in [3.63, 3.8) is 0 Å². The van der Waals surface area contributed by atoms with Gasteiger partial charge in [0.2, 0.25) is 0 Å². The Morgan fingerprint density at radius 3 is 3.06 bits per heavy atom. The minimum atomic E-state index is -0.0238. The van der Waals surface area contributed by atoms with Crippen LogP contribution in [0.1, 0.15) is 32.0 Å². The minimum Gasteiger partial charge on any atom is -0.376 e. The summed E-state index contributed by atoms with van der Waals surface area (Å²) in [7, 11) is 0. The fourth-order valence-corrected chi connectivity index (χ4v) is 2.95. The largest absolute Gasteiger partial charge is 0.376 e. The van der Waals surface area contributed by atoms with Gasteiger partial charge in [0.25, 0.3) is 0 Å². The lowest BCUT2D eigenvalue weighted by molar-refractivity contribution is 0.0577. The van der Waals surface area contributed by atoms with Crippen LogP contribution in [-0.4, -0.2) is 22.5 Å². The van der Waals surface area contributed by atoms with Crippen molar-refractivity contribution in [3.8, 4) is 0 Å². The molecule has 3 atom stereocenters. The molecule has 96 valence electrons. The van der Waals surface area contributed by atoms with E-state index in [4.69, 9.17) is 10.6 Å². The zero-order valence-corrected chi connectivity index (χ0v) is 11.8. The molecule has 0 aliphatic carbocycles. The van der Waals surface area contributed by atoms with Crippen LogP contribution < -0.4 is 11.3 Å². The van der Waals surface area contributed by atoms with Crippen LogP contribution in [0.5, 0.6) is 0 Å². The minimum absolute atomic E-state index is 0.0238. The second-order valence-corrected chi connectivity index (χ2v) is 5.29. The number of nitrogens with one attached hydrogen (secondary N) is 1. The summed E-state index contributed by atoms with van der Waals surface area (Å²) in [6.45, 7) is 5.89. The molecular weight excluding hydrogens is 284 g/mol. The molecule has 0 bridgehead atoms. The maximum atomic E-state index is 5.79. The van der Waals surface area contributed by atoms with Crippen molar-refractivity contribution in [2.45, 2.75) is 39.0 Å². The van der Waals surface area contributed by atoms with Crippen molar-refractivity contribution in [3.05, 3.63) is 16.4 Å². The molecule has 0 saturated carbocycles. The molecule has 1 aliphatic rings. The average Bonchev–Trinajstić information content (AvgIpc) is 2.89. The number of aromatic nitrogens is 2. The third-order valence-electron chi connectivity index (χ3n) is 3.38. The molecule has 1 aromatic rings. The predicted molar refractivity (Wildman–Crippen MR) is 69.2 cm³/mol. The van der Waals surface area contributed by atoms with Crippen LogP contribution in [0.2, 0.25) is 0 Å². The number of hydrogen-bond donors (Lipinski definition) is 2. The molecule has 3 unspecified atom stereocenters. The van der Waals surface area contributed by atoms with Gasteiger partial charge in [-0.1, -0.05) is 6.92 Å². The van der Waals surface area contributed by atoms with Crippen LogP contribution in [0.15, 0.2) is 10.7 Å².